The molecule has 1 N–H and O–H groups in total. The number of aliphatic hydroxyl groups excluding tert-OH is 1. The maximum Gasteiger partial charge on any atom is 0.223 e. The van der Waals surface area contributed by atoms with E-state index in [1.165, 1.54) is 12.1 Å². The first kappa shape index (κ1) is 14.9. The van der Waals surface area contributed by atoms with Crippen LogP contribution in [-0.4, -0.2) is 35.6 Å². The second-order valence-corrected chi connectivity index (χ2v) is 5.45. The van der Waals surface area contributed by atoms with Crippen LogP contribution in [-0.2, 0) is 4.79 Å². The summed E-state index contributed by atoms with van der Waals surface area (Å²) >= 11 is 0. The van der Waals surface area contributed by atoms with Crippen molar-refractivity contribution in [3.63, 3.8) is 0 Å². The summed E-state index contributed by atoms with van der Waals surface area (Å²) in [6.07, 6.45) is 1.00. The highest BCUT2D eigenvalue weighted by molar-refractivity contribution is 5.77. The average molecular weight is 283 g/mol. The van der Waals surface area contributed by atoms with Gasteiger partial charge in [0.1, 0.15) is 11.6 Å². The number of amides is 1. The number of carbonyl (C=O) groups is 1. The fraction of sp³-hybridized carbons (Fsp3) is 0.533. The summed E-state index contributed by atoms with van der Waals surface area (Å²) in [4.78, 5) is 13.8. The number of benzene rings is 1. The van der Waals surface area contributed by atoms with Gasteiger partial charge in [0.2, 0.25) is 5.91 Å². The van der Waals surface area contributed by atoms with E-state index in [0.717, 1.165) is 12.5 Å². The molecule has 1 fully saturated rings. The zero-order valence-corrected chi connectivity index (χ0v) is 11.5. The van der Waals surface area contributed by atoms with Gasteiger partial charge in [-0.3, -0.25) is 4.79 Å². The summed E-state index contributed by atoms with van der Waals surface area (Å²) in [5.41, 5.74) is 0.359. The lowest BCUT2D eigenvalue weighted by molar-refractivity contribution is -0.130. The van der Waals surface area contributed by atoms with Gasteiger partial charge in [0.25, 0.3) is 0 Å². The van der Waals surface area contributed by atoms with Gasteiger partial charge in [0.05, 0.1) is 0 Å². The van der Waals surface area contributed by atoms with Crippen LogP contribution in [0.5, 0.6) is 0 Å². The molecule has 1 heterocycles. The Labute approximate surface area is 117 Å². The highest BCUT2D eigenvalue weighted by atomic mass is 19.1. The molecule has 1 aromatic carbocycles. The van der Waals surface area contributed by atoms with Crippen LogP contribution >= 0.6 is 0 Å². The minimum Gasteiger partial charge on any atom is -0.396 e. The molecule has 0 spiro atoms. The molecular formula is C15H19F2NO2. The van der Waals surface area contributed by atoms with Crippen molar-refractivity contribution in [3.05, 3.63) is 35.4 Å². The van der Waals surface area contributed by atoms with Crippen LogP contribution in [0.15, 0.2) is 18.2 Å². The summed E-state index contributed by atoms with van der Waals surface area (Å²) < 4.78 is 26.5. The molecule has 2 atom stereocenters. The van der Waals surface area contributed by atoms with Gasteiger partial charge in [0.15, 0.2) is 0 Å². The van der Waals surface area contributed by atoms with Gasteiger partial charge >= 0.3 is 0 Å². The molecule has 1 saturated heterocycles. The van der Waals surface area contributed by atoms with E-state index in [9.17, 15) is 13.6 Å². The molecule has 2 rings (SSSR count). The standard InChI is InChI=1S/C15H19F2NO2/c1-10(13-3-2-12(16)7-14(13)17)6-15(20)18-5-4-11(8-18)9-19/h2-3,7,10-11,19H,4-6,8-9H2,1H3/t10-,11-/m0/s1. The van der Waals surface area contributed by atoms with E-state index < -0.39 is 11.6 Å². The van der Waals surface area contributed by atoms with Crippen LogP contribution in [0.2, 0.25) is 0 Å². The van der Waals surface area contributed by atoms with Crippen LogP contribution in [0.4, 0.5) is 8.78 Å². The van der Waals surface area contributed by atoms with E-state index in [1.54, 1.807) is 11.8 Å². The summed E-state index contributed by atoms with van der Waals surface area (Å²) in [6, 6.07) is 3.44. The third-order valence-corrected chi connectivity index (χ3v) is 3.87. The molecule has 1 aliphatic heterocycles. The Bertz CT molecular complexity index is 493. The van der Waals surface area contributed by atoms with Gasteiger partial charge in [-0.2, -0.15) is 0 Å². The van der Waals surface area contributed by atoms with Crippen molar-refractivity contribution in [1.29, 1.82) is 0 Å². The van der Waals surface area contributed by atoms with Gasteiger partial charge < -0.3 is 10.0 Å². The van der Waals surface area contributed by atoms with Crippen molar-refractivity contribution in [1.82, 2.24) is 4.90 Å². The number of rotatable bonds is 4. The van der Waals surface area contributed by atoms with E-state index in [1.807, 2.05) is 0 Å². The molecule has 5 heteroatoms. The van der Waals surface area contributed by atoms with E-state index in [2.05, 4.69) is 0 Å². The maximum absolute atomic E-state index is 13.6. The predicted molar refractivity (Wildman–Crippen MR) is 71.2 cm³/mol. The Morgan fingerprint density at radius 3 is 2.85 bits per heavy atom. The van der Waals surface area contributed by atoms with Crippen molar-refractivity contribution in [2.24, 2.45) is 5.92 Å². The second-order valence-electron chi connectivity index (χ2n) is 5.45. The third-order valence-electron chi connectivity index (χ3n) is 3.87. The Kier molecular flexibility index (Phi) is 4.70. The maximum atomic E-state index is 13.6. The van der Waals surface area contributed by atoms with E-state index in [0.29, 0.717) is 18.7 Å². The van der Waals surface area contributed by atoms with Crippen LogP contribution in [0.25, 0.3) is 0 Å². The highest BCUT2D eigenvalue weighted by Crippen LogP contribution is 2.25. The second kappa shape index (κ2) is 6.31. The Balaban J connectivity index is 1.97. The number of nitrogens with zero attached hydrogens (tertiary/aromatic N) is 1. The first-order valence-corrected chi connectivity index (χ1v) is 6.84. The Morgan fingerprint density at radius 2 is 2.25 bits per heavy atom. The summed E-state index contributed by atoms with van der Waals surface area (Å²) in [7, 11) is 0. The largest absolute Gasteiger partial charge is 0.396 e. The SMILES string of the molecule is C[C@@H](CC(=O)N1CC[C@H](CO)C1)c1ccc(F)cc1F. The van der Waals surface area contributed by atoms with Crippen molar-refractivity contribution < 1.29 is 18.7 Å². The van der Waals surface area contributed by atoms with Gasteiger partial charge in [-0.1, -0.05) is 13.0 Å². The number of likely N-dealkylation sites (tertiary alicyclic amines) is 1. The molecular weight excluding hydrogens is 264 g/mol. The third kappa shape index (κ3) is 3.33. The van der Waals surface area contributed by atoms with Gasteiger partial charge in [0, 0.05) is 38.1 Å². The van der Waals surface area contributed by atoms with Gasteiger partial charge in [-0.15, -0.1) is 0 Å². The fourth-order valence-electron chi connectivity index (χ4n) is 2.61. The molecule has 1 amide bonds. The van der Waals surface area contributed by atoms with Crippen molar-refractivity contribution >= 4 is 5.91 Å². The zero-order valence-electron chi connectivity index (χ0n) is 11.5. The first-order chi connectivity index (χ1) is 9.51. The smallest absolute Gasteiger partial charge is 0.223 e. The van der Waals surface area contributed by atoms with Crippen molar-refractivity contribution in [3.8, 4) is 0 Å². The quantitative estimate of drug-likeness (QED) is 0.921. The molecule has 3 nitrogen and oxygen atoms in total. The summed E-state index contributed by atoms with van der Waals surface area (Å²) in [5.74, 6) is -1.42. The molecule has 1 aromatic rings. The van der Waals surface area contributed by atoms with E-state index in [4.69, 9.17) is 5.11 Å². The molecule has 0 aromatic heterocycles. The Hall–Kier alpha value is -1.49. The lowest BCUT2D eigenvalue weighted by Crippen LogP contribution is -2.30. The monoisotopic (exact) mass is 283 g/mol. The molecule has 0 radical (unpaired) electrons. The summed E-state index contributed by atoms with van der Waals surface area (Å²) in [6.45, 7) is 3.05. The topological polar surface area (TPSA) is 40.5 Å². The van der Waals surface area contributed by atoms with Gasteiger partial charge in [-0.25, -0.2) is 8.78 Å². The predicted octanol–water partition coefficient (Wildman–Crippen LogP) is 2.30. The van der Waals surface area contributed by atoms with Crippen LogP contribution in [0, 0.1) is 17.6 Å². The van der Waals surface area contributed by atoms with E-state index in [-0.39, 0.29) is 30.8 Å². The van der Waals surface area contributed by atoms with Crippen LogP contribution in [0.3, 0.4) is 0 Å². The minimum absolute atomic E-state index is 0.0443. The molecule has 0 saturated carbocycles. The van der Waals surface area contributed by atoms with Crippen LogP contribution in [0.1, 0.15) is 31.2 Å². The number of halogens is 2. The van der Waals surface area contributed by atoms with Crippen LogP contribution < -0.4 is 0 Å². The molecule has 110 valence electrons. The van der Waals surface area contributed by atoms with Crippen molar-refractivity contribution in [2.45, 2.75) is 25.7 Å². The number of hydrogen-bond donors (Lipinski definition) is 1. The number of hydrogen-bond acceptors (Lipinski definition) is 2. The van der Waals surface area contributed by atoms with Gasteiger partial charge in [-0.05, 0) is 24.0 Å². The number of carbonyl (C=O) groups excluding carboxylic acids is 1. The lowest BCUT2D eigenvalue weighted by Gasteiger charge is -2.19. The molecule has 0 bridgehead atoms. The minimum atomic E-state index is -0.616. The average Bonchev–Trinajstić information content (AvgIpc) is 2.87. The molecule has 20 heavy (non-hydrogen) atoms. The molecule has 0 aliphatic carbocycles. The fourth-order valence-corrected chi connectivity index (χ4v) is 2.61. The van der Waals surface area contributed by atoms with E-state index >= 15 is 0 Å². The molecule has 0 unspecified atom stereocenters. The first-order valence-electron chi connectivity index (χ1n) is 6.84. The lowest BCUT2D eigenvalue weighted by atomic mass is 9.96. The summed E-state index contributed by atoms with van der Waals surface area (Å²) in [5, 5.41) is 9.06. The normalized spacial score (nSPS) is 20.2. The highest BCUT2D eigenvalue weighted by Gasteiger charge is 2.27. The number of aliphatic hydroxyl groups is 1. The van der Waals surface area contributed by atoms with Crippen molar-refractivity contribution in [2.75, 3.05) is 19.7 Å². The Morgan fingerprint density at radius 1 is 1.50 bits per heavy atom. The zero-order chi connectivity index (χ0) is 14.7. The molecule has 1 aliphatic rings.